The van der Waals surface area contributed by atoms with Crippen LogP contribution >= 0.6 is 0 Å². The van der Waals surface area contributed by atoms with Gasteiger partial charge >= 0.3 is 7.25 Å². The van der Waals surface area contributed by atoms with Crippen molar-refractivity contribution in [3.05, 3.63) is 54.9 Å². The summed E-state index contributed by atoms with van der Waals surface area (Å²) >= 11 is 0. The highest BCUT2D eigenvalue weighted by molar-refractivity contribution is 6.50. The fourth-order valence-electron chi connectivity index (χ4n) is 5.03. The molecular formula is C28H40BF4N3. The number of nitrogens with one attached hydrogen (secondary N) is 1. The number of nitrogens with zero attached hydrogens (tertiary/aromatic N) is 2. The quantitative estimate of drug-likeness (QED) is 0.151. The summed E-state index contributed by atoms with van der Waals surface area (Å²) in [5.74, 6) is 0. The predicted molar refractivity (Wildman–Crippen MR) is 145 cm³/mol. The first-order valence-electron chi connectivity index (χ1n) is 13.4. The van der Waals surface area contributed by atoms with Crippen LogP contribution in [0.3, 0.4) is 0 Å². The molecule has 3 nitrogen and oxygen atoms in total. The molecule has 3 aromatic rings. The lowest BCUT2D eigenvalue weighted by molar-refractivity contribution is -0.840. The number of hydrogen-bond acceptors (Lipinski definition) is 1. The van der Waals surface area contributed by atoms with Crippen LogP contribution in [0.15, 0.2) is 54.9 Å². The fraction of sp³-hybridized carbons (Fsp3) is 0.500. The number of fused-ring (bicyclic) bond motifs is 3. The van der Waals surface area contributed by atoms with E-state index >= 15 is 0 Å². The molecule has 1 unspecified atom stereocenters. The van der Waals surface area contributed by atoms with Gasteiger partial charge < -0.3 is 21.8 Å². The van der Waals surface area contributed by atoms with Crippen LogP contribution in [0.4, 0.5) is 23.0 Å². The van der Waals surface area contributed by atoms with Gasteiger partial charge in [-0.15, -0.1) is 0 Å². The Bertz CT molecular complexity index is 1100. The Morgan fingerprint density at radius 2 is 1.36 bits per heavy atom. The van der Waals surface area contributed by atoms with Gasteiger partial charge in [0.1, 0.15) is 6.20 Å². The smallest absolute Gasteiger partial charge is 0.418 e. The molecule has 1 aromatic heterocycles. The van der Waals surface area contributed by atoms with Crippen molar-refractivity contribution in [3.63, 3.8) is 0 Å². The lowest BCUT2D eigenvalue weighted by Crippen LogP contribution is -3.07. The summed E-state index contributed by atoms with van der Waals surface area (Å²) < 4.78 is 41.3. The van der Waals surface area contributed by atoms with Crippen LogP contribution in [0.1, 0.15) is 71.1 Å². The summed E-state index contributed by atoms with van der Waals surface area (Å²) in [6.45, 7) is 4.59. The van der Waals surface area contributed by atoms with Crippen molar-refractivity contribution >= 4 is 34.7 Å². The maximum atomic E-state index is 9.75. The second-order valence-corrected chi connectivity index (χ2v) is 9.81. The van der Waals surface area contributed by atoms with Crippen LogP contribution < -0.4 is 9.80 Å². The second-order valence-electron chi connectivity index (χ2n) is 9.81. The van der Waals surface area contributed by atoms with Crippen LogP contribution in [0.2, 0.25) is 0 Å². The van der Waals surface area contributed by atoms with E-state index in [9.17, 15) is 17.3 Å². The highest BCUT2D eigenvalue weighted by Crippen LogP contribution is 2.31. The molecule has 0 fully saturated rings. The molecule has 4 rings (SSSR count). The third-order valence-electron chi connectivity index (χ3n) is 6.94. The van der Waals surface area contributed by atoms with Crippen molar-refractivity contribution in [2.75, 3.05) is 18.1 Å². The maximum Gasteiger partial charge on any atom is 0.673 e. The molecule has 1 aliphatic rings. The molecule has 0 amide bonds. The van der Waals surface area contributed by atoms with E-state index in [4.69, 9.17) is 0 Å². The van der Waals surface area contributed by atoms with Gasteiger partial charge in [-0.3, -0.25) is 9.80 Å². The molecule has 198 valence electrons. The largest absolute Gasteiger partial charge is 0.673 e. The van der Waals surface area contributed by atoms with Gasteiger partial charge in [-0.1, -0.05) is 76.5 Å². The van der Waals surface area contributed by atoms with Crippen molar-refractivity contribution in [2.24, 2.45) is 7.05 Å². The Morgan fingerprint density at radius 1 is 0.778 bits per heavy atom. The lowest BCUT2D eigenvalue weighted by Gasteiger charge is -2.17. The summed E-state index contributed by atoms with van der Waals surface area (Å²) in [5, 5.41) is 2.70. The number of anilines is 1. The summed E-state index contributed by atoms with van der Waals surface area (Å²) in [7, 11) is -3.83. The Hall–Kier alpha value is -2.48. The number of aromatic nitrogens is 1. The molecular weight excluding hydrogens is 465 g/mol. The summed E-state index contributed by atoms with van der Waals surface area (Å²) in [6, 6.07) is 15.6. The highest BCUT2D eigenvalue weighted by atomic mass is 19.5. The molecule has 8 heteroatoms. The van der Waals surface area contributed by atoms with Crippen LogP contribution in [-0.4, -0.2) is 25.0 Å². The lowest BCUT2D eigenvalue weighted by atomic mass is 10.1. The second kappa shape index (κ2) is 13.7. The van der Waals surface area contributed by atoms with E-state index in [2.05, 4.69) is 78.3 Å². The highest BCUT2D eigenvalue weighted by Gasteiger charge is 2.21. The normalized spacial score (nSPS) is 15.6. The van der Waals surface area contributed by atoms with Crippen molar-refractivity contribution < 1.29 is 22.2 Å². The van der Waals surface area contributed by atoms with Crippen LogP contribution in [0.25, 0.3) is 21.8 Å². The number of rotatable bonds is 12. The van der Waals surface area contributed by atoms with E-state index in [-0.39, 0.29) is 0 Å². The van der Waals surface area contributed by atoms with Crippen molar-refractivity contribution in [1.82, 2.24) is 4.57 Å². The van der Waals surface area contributed by atoms with Gasteiger partial charge in [-0.25, -0.2) is 0 Å². The minimum Gasteiger partial charge on any atom is -0.418 e. The SMILES string of the molecule is CCCCCCCCCCCC[NH+]1C=CN(c2ccc3c(c2)c2ccccc2n3C)C1.F[B-](F)(F)F. The number of quaternary nitrogens is 1. The topological polar surface area (TPSA) is 12.6 Å². The van der Waals surface area contributed by atoms with Gasteiger partial charge in [0.05, 0.1) is 12.7 Å². The van der Waals surface area contributed by atoms with E-state index < -0.39 is 7.25 Å². The Labute approximate surface area is 212 Å². The van der Waals surface area contributed by atoms with Crippen molar-refractivity contribution in [2.45, 2.75) is 71.1 Å². The summed E-state index contributed by atoms with van der Waals surface area (Å²) in [4.78, 5) is 3.99. The average molecular weight is 505 g/mol. The summed E-state index contributed by atoms with van der Waals surface area (Å²) in [6.07, 6.45) is 18.7. The Morgan fingerprint density at radius 3 is 2.03 bits per heavy atom. The molecule has 1 N–H and O–H groups in total. The van der Waals surface area contributed by atoms with Crippen LogP contribution in [0, 0.1) is 0 Å². The number of unbranched alkanes of at least 4 members (excludes halogenated alkanes) is 9. The molecule has 2 heterocycles. The Kier molecular flexibility index (Phi) is 10.7. The first kappa shape index (κ1) is 28.1. The molecule has 0 saturated carbocycles. The molecule has 0 aliphatic carbocycles. The van der Waals surface area contributed by atoms with E-state index in [1.165, 1.54) is 98.2 Å². The molecule has 0 radical (unpaired) electrons. The Balaban J connectivity index is 0.000000658. The van der Waals surface area contributed by atoms with Crippen molar-refractivity contribution in [1.29, 1.82) is 0 Å². The zero-order valence-corrected chi connectivity index (χ0v) is 21.7. The monoisotopic (exact) mass is 505 g/mol. The molecule has 36 heavy (non-hydrogen) atoms. The van der Waals surface area contributed by atoms with E-state index in [0.717, 1.165) is 6.67 Å². The van der Waals surface area contributed by atoms with Gasteiger partial charge in [0.15, 0.2) is 6.67 Å². The molecule has 1 atom stereocenters. The van der Waals surface area contributed by atoms with E-state index in [0.29, 0.717) is 0 Å². The predicted octanol–water partition coefficient (Wildman–Crippen LogP) is 7.69. The molecule has 1 aliphatic heterocycles. The maximum absolute atomic E-state index is 9.75. The first-order valence-corrected chi connectivity index (χ1v) is 13.4. The van der Waals surface area contributed by atoms with Gasteiger partial charge in [0.2, 0.25) is 0 Å². The minimum atomic E-state index is -6.00. The number of halogens is 4. The van der Waals surface area contributed by atoms with Crippen LogP contribution in [0.5, 0.6) is 0 Å². The van der Waals surface area contributed by atoms with Crippen molar-refractivity contribution in [3.8, 4) is 0 Å². The summed E-state index contributed by atoms with van der Waals surface area (Å²) in [5.41, 5.74) is 3.92. The van der Waals surface area contributed by atoms with Gasteiger partial charge in [0.25, 0.3) is 0 Å². The standard InChI is InChI=1S/C28H39N3.BF4/c1-3-4-5-6-7-8-9-10-11-14-19-30-20-21-31(23-30)24-17-18-28-26(22-24)25-15-12-13-16-27(25)29(28)2;2-1(3,4)5/h12-13,15-18,20-22H,3-11,14,19,23H2,1-2H3;/q;-1/p+1. The fourth-order valence-corrected chi connectivity index (χ4v) is 5.03. The first-order chi connectivity index (χ1) is 17.3. The number of aryl methyl sites for hydroxylation is 1. The molecule has 0 saturated heterocycles. The number of para-hydroxylation sites is 1. The number of benzene rings is 2. The van der Waals surface area contributed by atoms with E-state index in [1.807, 2.05) is 0 Å². The molecule has 0 spiro atoms. The van der Waals surface area contributed by atoms with E-state index in [1.54, 1.807) is 4.90 Å². The zero-order valence-electron chi connectivity index (χ0n) is 21.7. The molecule has 2 aromatic carbocycles. The minimum absolute atomic E-state index is 1.05. The van der Waals surface area contributed by atoms with Gasteiger partial charge in [-0.2, -0.15) is 0 Å². The average Bonchev–Trinajstić information content (AvgIpc) is 3.42. The van der Waals surface area contributed by atoms with Gasteiger partial charge in [-0.05, 0) is 37.1 Å². The van der Waals surface area contributed by atoms with Crippen LogP contribution in [-0.2, 0) is 7.05 Å². The number of hydrogen-bond donors (Lipinski definition) is 1. The zero-order chi connectivity index (χ0) is 26.0. The molecule has 0 bridgehead atoms. The van der Waals surface area contributed by atoms with Gasteiger partial charge in [0, 0.05) is 34.5 Å². The third-order valence-corrected chi connectivity index (χ3v) is 6.94. The third kappa shape index (κ3) is 8.58.